The van der Waals surface area contributed by atoms with Gasteiger partial charge in [0.05, 0.1) is 11.4 Å². The van der Waals surface area contributed by atoms with Crippen LogP contribution in [0.1, 0.15) is 17.5 Å². The number of hydrogen-bond donors (Lipinski definition) is 2. The first-order valence-corrected chi connectivity index (χ1v) is 12.2. The zero-order valence-electron chi connectivity index (χ0n) is 18.3. The van der Waals surface area contributed by atoms with Gasteiger partial charge in [-0.15, -0.1) is 0 Å². The van der Waals surface area contributed by atoms with E-state index in [2.05, 4.69) is 10.0 Å². The maximum absolute atomic E-state index is 12.4. The second-order valence-electron chi connectivity index (χ2n) is 7.88. The lowest BCUT2D eigenvalue weighted by Gasteiger charge is -2.34. The Labute approximate surface area is 189 Å². The highest BCUT2D eigenvalue weighted by molar-refractivity contribution is 7.89. The Morgan fingerprint density at radius 1 is 0.938 bits per heavy atom. The van der Waals surface area contributed by atoms with Gasteiger partial charge in [0.15, 0.2) is 0 Å². The van der Waals surface area contributed by atoms with Crippen molar-refractivity contribution < 1.29 is 18.0 Å². The predicted octanol–water partition coefficient (Wildman–Crippen LogP) is 1.12. The van der Waals surface area contributed by atoms with Crippen LogP contribution in [0.25, 0.3) is 0 Å². The minimum atomic E-state index is -3.62. The molecule has 2 N–H and O–H groups in total. The zero-order chi connectivity index (χ0) is 23.0. The summed E-state index contributed by atoms with van der Waals surface area (Å²) in [6, 6.07) is 16.3. The minimum Gasteiger partial charge on any atom is -0.351 e. The minimum absolute atomic E-state index is 0.0425. The number of piperazine rings is 1. The fourth-order valence-electron chi connectivity index (χ4n) is 3.46. The van der Waals surface area contributed by atoms with Gasteiger partial charge in [0, 0.05) is 45.7 Å². The van der Waals surface area contributed by atoms with Crippen molar-refractivity contribution in [1.29, 1.82) is 0 Å². The Kier molecular flexibility index (Phi) is 8.38. The van der Waals surface area contributed by atoms with E-state index in [9.17, 15) is 18.0 Å². The van der Waals surface area contributed by atoms with E-state index in [1.165, 1.54) is 0 Å². The van der Waals surface area contributed by atoms with Crippen LogP contribution in [0.3, 0.4) is 0 Å². The van der Waals surface area contributed by atoms with Gasteiger partial charge in [-0.25, -0.2) is 13.1 Å². The number of aryl methyl sites for hydroxylation is 1. The first-order valence-electron chi connectivity index (χ1n) is 10.7. The fraction of sp³-hybridized carbons (Fsp3) is 0.391. The quantitative estimate of drug-likeness (QED) is 0.587. The summed E-state index contributed by atoms with van der Waals surface area (Å²) in [7, 11) is -3.62. The Bertz CT molecular complexity index is 1000. The van der Waals surface area contributed by atoms with Crippen molar-refractivity contribution in [1.82, 2.24) is 19.8 Å². The first-order chi connectivity index (χ1) is 15.3. The summed E-state index contributed by atoms with van der Waals surface area (Å²) < 4.78 is 27.1. The van der Waals surface area contributed by atoms with Crippen molar-refractivity contribution >= 4 is 21.8 Å². The molecule has 0 aliphatic carbocycles. The summed E-state index contributed by atoms with van der Waals surface area (Å²) in [4.78, 5) is 28.5. The molecule has 32 heavy (non-hydrogen) atoms. The number of sulfonamides is 1. The number of nitrogens with one attached hydrogen (secondary N) is 2. The summed E-state index contributed by atoms with van der Waals surface area (Å²) in [6.45, 7) is 5.00. The molecule has 0 saturated carbocycles. The number of carbonyl (C=O) groups is 2. The van der Waals surface area contributed by atoms with Crippen molar-refractivity contribution in [2.24, 2.45) is 0 Å². The number of carbonyl (C=O) groups excluding carboxylic acids is 2. The molecule has 8 nitrogen and oxygen atoms in total. The largest absolute Gasteiger partial charge is 0.351 e. The fourth-order valence-corrected chi connectivity index (χ4v) is 4.49. The Balaban J connectivity index is 1.35. The Morgan fingerprint density at radius 2 is 1.59 bits per heavy atom. The SMILES string of the molecule is Cc1ccc(S(=O)(=O)NCCC(=O)N2CCN(CC(=O)NCc3ccccc3)CC2)cc1. The van der Waals surface area contributed by atoms with E-state index in [-0.39, 0.29) is 29.7 Å². The third-order valence-corrected chi connectivity index (χ3v) is 6.86. The molecule has 0 bridgehead atoms. The Morgan fingerprint density at radius 3 is 2.25 bits per heavy atom. The molecule has 2 aromatic carbocycles. The lowest BCUT2D eigenvalue weighted by Crippen LogP contribution is -2.51. The van der Waals surface area contributed by atoms with E-state index < -0.39 is 10.0 Å². The molecule has 1 aliphatic heterocycles. The summed E-state index contributed by atoms with van der Waals surface area (Å²) in [6.07, 6.45) is 0.0999. The topological polar surface area (TPSA) is 98.8 Å². The second-order valence-corrected chi connectivity index (χ2v) is 9.65. The summed E-state index contributed by atoms with van der Waals surface area (Å²) in [5.41, 5.74) is 2.03. The molecule has 0 atom stereocenters. The first kappa shape index (κ1) is 23.9. The smallest absolute Gasteiger partial charge is 0.240 e. The van der Waals surface area contributed by atoms with Crippen LogP contribution in [0, 0.1) is 6.92 Å². The molecular formula is C23H30N4O4S. The highest BCUT2D eigenvalue weighted by atomic mass is 32.2. The highest BCUT2D eigenvalue weighted by Crippen LogP contribution is 2.10. The van der Waals surface area contributed by atoms with E-state index in [0.29, 0.717) is 39.3 Å². The van der Waals surface area contributed by atoms with Crippen LogP contribution >= 0.6 is 0 Å². The predicted molar refractivity (Wildman–Crippen MR) is 122 cm³/mol. The average molecular weight is 459 g/mol. The van der Waals surface area contributed by atoms with E-state index in [0.717, 1.165) is 11.1 Å². The van der Waals surface area contributed by atoms with Gasteiger partial charge in [-0.2, -0.15) is 0 Å². The maximum atomic E-state index is 12.4. The lowest BCUT2D eigenvalue weighted by atomic mass is 10.2. The lowest BCUT2D eigenvalue weighted by molar-refractivity contribution is -0.133. The molecule has 1 aliphatic rings. The molecule has 0 aromatic heterocycles. The van der Waals surface area contributed by atoms with E-state index in [1.54, 1.807) is 29.2 Å². The van der Waals surface area contributed by atoms with E-state index in [1.807, 2.05) is 42.2 Å². The highest BCUT2D eigenvalue weighted by Gasteiger charge is 2.23. The van der Waals surface area contributed by atoms with Gasteiger partial charge in [-0.05, 0) is 24.6 Å². The molecule has 0 unspecified atom stereocenters. The monoisotopic (exact) mass is 458 g/mol. The number of nitrogens with zero attached hydrogens (tertiary/aromatic N) is 2. The van der Waals surface area contributed by atoms with Crippen LogP contribution in [-0.2, 0) is 26.2 Å². The van der Waals surface area contributed by atoms with Gasteiger partial charge in [0.2, 0.25) is 21.8 Å². The normalized spacial score (nSPS) is 14.8. The number of rotatable bonds is 9. The summed E-state index contributed by atoms with van der Waals surface area (Å²) in [5.74, 6) is -0.135. The van der Waals surface area contributed by atoms with Gasteiger partial charge in [0.25, 0.3) is 0 Å². The molecular weight excluding hydrogens is 428 g/mol. The van der Waals surface area contributed by atoms with Crippen molar-refractivity contribution in [2.75, 3.05) is 39.3 Å². The van der Waals surface area contributed by atoms with Gasteiger partial charge in [-0.1, -0.05) is 48.0 Å². The molecule has 0 radical (unpaired) electrons. The molecule has 172 valence electrons. The van der Waals surface area contributed by atoms with Crippen LogP contribution in [0.15, 0.2) is 59.5 Å². The summed E-state index contributed by atoms with van der Waals surface area (Å²) in [5, 5.41) is 2.91. The molecule has 3 rings (SSSR count). The van der Waals surface area contributed by atoms with Crippen molar-refractivity contribution in [3.05, 3.63) is 65.7 Å². The molecule has 0 spiro atoms. The third-order valence-electron chi connectivity index (χ3n) is 5.39. The number of amides is 2. The van der Waals surface area contributed by atoms with Gasteiger partial charge in [0.1, 0.15) is 0 Å². The van der Waals surface area contributed by atoms with Crippen LogP contribution in [-0.4, -0.2) is 69.3 Å². The number of benzene rings is 2. The van der Waals surface area contributed by atoms with E-state index >= 15 is 0 Å². The molecule has 1 saturated heterocycles. The van der Waals surface area contributed by atoms with Crippen LogP contribution in [0.5, 0.6) is 0 Å². The Hall–Kier alpha value is -2.75. The molecule has 1 fully saturated rings. The maximum Gasteiger partial charge on any atom is 0.240 e. The van der Waals surface area contributed by atoms with Crippen molar-refractivity contribution in [3.8, 4) is 0 Å². The summed E-state index contributed by atoms with van der Waals surface area (Å²) >= 11 is 0. The standard InChI is InChI=1S/C23H30N4O4S/c1-19-7-9-21(10-8-19)32(30,31)25-12-11-23(29)27-15-13-26(14-16-27)18-22(28)24-17-20-5-3-2-4-6-20/h2-10,25H,11-18H2,1H3,(H,24,28). The van der Waals surface area contributed by atoms with Crippen molar-refractivity contribution in [3.63, 3.8) is 0 Å². The zero-order valence-corrected chi connectivity index (χ0v) is 19.1. The van der Waals surface area contributed by atoms with Gasteiger partial charge >= 0.3 is 0 Å². The van der Waals surface area contributed by atoms with Gasteiger partial charge in [-0.3, -0.25) is 14.5 Å². The average Bonchev–Trinajstić information content (AvgIpc) is 2.79. The molecule has 2 aromatic rings. The molecule has 9 heteroatoms. The molecule has 1 heterocycles. The van der Waals surface area contributed by atoms with Crippen LogP contribution < -0.4 is 10.0 Å². The third kappa shape index (κ3) is 7.15. The molecule has 2 amide bonds. The van der Waals surface area contributed by atoms with Crippen molar-refractivity contribution in [2.45, 2.75) is 24.8 Å². The number of hydrogen-bond acceptors (Lipinski definition) is 5. The second kappa shape index (κ2) is 11.2. The van der Waals surface area contributed by atoms with E-state index in [4.69, 9.17) is 0 Å². The van der Waals surface area contributed by atoms with Crippen LogP contribution in [0.4, 0.5) is 0 Å². The van der Waals surface area contributed by atoms with Crippen LogP contribution in [0.2, 0.25) is 0 Å². The van der Waals surface area contributed by atoms with Gasteiger partial charge < -0.3 is 10.2 Å².